The second-order valence-electron chi connectivity index (χ2n) is 2.10. The van der Waals surface area contributed by atoms with Crippen LogP contribution < -0.4 is 10.6 Å². The fourth-order valence-electron chi connectivity index (χ4n) is 0.494. The average Bonchev–Trinajstić information content (AvgIpc) is 2.00. The maximum Gasteiger partial charge on any atom is 0.331 e. The van der Waals surface area contributed by atoms with Crippen molar-refractivity contribution in [3.8, 4) is 0 Å². The van der Waals surface area contributed by atoms with Gasteiger partial charge in [0, 0.05) is 21.0 Å². The van der Waals surface area contributed by atoms with E-state index < -0.39 is 18.0 Å². The van der Waals surface area contributed by atoms with Gasteiger partial charge in [-0.25, -0.2) is 14.5 Å². The number of hydrogen-bond acceptors (Lipinski definition) is 3. The van der Waals surface area contributed by atoms with Crippen LogP contribution in [0.25, 0.3) is 0 Å². The molecule has 6 nitrogen and oxygen atoms in total. The molecule has 0 spiro atoms. The molecule has 0 aromatic rings. The minimum Gasteiger partial charge on any atom is -0.341 e. The number of nitrogens with zero attached hydrogens (tertiary/aromatic N) is 1. The minimum atomic E-state index is -0.748. The molecule has 12 heavy (non-hydrogen) atoms. The predicted molar refractivity (Wildman–Crippen MR) is 41.4 cm³/mol. The van der Waals surface area contributed by atoms with Crippen molar-refractivity contribution < 1.29 is 14.4 Å². The highest BCUT2D eigenvalue weighted by molar-refractivity contribution is 6.00. The van der Waals surface area contributed by atoms with Crippen molar-refractivity contribution in [1.29, 1.82) is 0 Å². The maximum absolute atomic E-state index is 10.9. The molecular weight excluding hydrogens is 162 g/mol. The van der Waals surface area contributed by atoms with E-state index in [0.717, 1.165) is 4.90 Å². The number of urea groups is 2. The van der Waals surface area contributed by atoms with Crippen molar-refractivity contribution in [3.63, 3.8) is 0 Å². The predicted octanol–water partition coefficient (Wildman–Crippen LogP) is -0.486. The molecule has 0 aliphatic carbocycles. The number of amides is 5. The molecule has 0 aromatic heterocycles. The third-order valence-corrected chi connectivity index (χ3v) is 1.11. The van der Waals surface area contributed by atoms with Gasteiger partial charge in [0.1, 0.15) is 0 Å². The van der Waals surface area contributed by atoms with Crippen molar-refractivity contribution in [2.24, 2.45) is 0 Å². The number of carbonyl (C=O) groups excluding carboxylic acids is 3. The molecule has 6 heteroatoms. The summed E-state index contributed by atoms with van der Waals surface area (Å²) in [6, 6.07) is -1.32. The van der Waals surface area contributed by atoms with Crippen LogP contribution in [0.5, 0.6) is 0 Å². The number of imide groups is 2. The van der Waals surface area contributed by atoms with E-state index in [4.69, 9.17) is 0 Å². The van der Waals surface area contributed by atoms with Gasteiger partial charge in [0.05, 0.1) is 0 Å². The summed E-state index contributed by atoms with van der Waals surface area (Å²) in [6.07, 6.45) is 0. The fourth-order valence-corrected chi connectivity index (χ4v) is 0.494. The molecule has 0 fully saturated rings. The van der Waals surface area contributed by atoms with Crippen LogP contribution >= 0.6 is 0 Å². The lowest BCUT2D eigenvalue weighted by Crippen LogP contribution is -2.46. The van der Waals surface area contributed by atoms with Gasteiger partial charge in [-0.3, -0.25) is 10.1 Å². The Morgan fingerprint density at radius 3 is 2.00 bits per heavy atom. The molecule has 68 valence electrons. The van der Waals surface area contributed by atoms with Crippen LogP contribution in [-0.2, 0) is 4.79 Å². The monoisotopic (exact) mass is 173 g/mol. The van der Waals surface area contributed by atoms with Crippen LogP contribution in [0.1, 0.15) is 6.92 Å². The molecule has 0 aromatic carbocycles. The van der Waals surface area contributed by atoms with Crippen LogP contribution in [0.3, 0.4) is 0 Å². The fraction of sp³-hybridized carbons (Fsp3) is 0.500. The minimum absolute atomic E-state index is 0.504. The van der Waals surface area contributed by atoms with E-state index in [2.05, 4.69) is 5.32 Å². The first-order chi connectivity index (χ1) is 5.49. The van der Waals surface area contributed by atoms with Crippen LogP contribution in [-0.4, -0.2) is 37.0 Å². The zero-order valence-corrected chi connectivity index (χ0v) is 7.17. The summed E-state index contributed by atoms with van der Waals surface area (Å²) in [6.45, 7) is 1.19. The summed E-state index contributed by atoms with van der Waals surface area (Å²) in [5.41, 5.74) is 0. The Hall–Kier alpha value is -1.59. The van der Waals surface area contributed by atoms with E-state index in [0.29, 0.717) is 0 Å². The summed E-state index contributed by atoms with van der Waals surface area (Å²) < 4.78 is 0. The van der Waals surface area contributed by atoms with Gasteiger partial charge in [-0.05, 0) is 0 Å². The summed E-state index contributed by atoms with van der Waals surface area (Å²) in [7, 11) is 2.65. The van der Waals surface area contributed by atoms with Gasteiger partial charge in [-0.1, -0.05) is 0 Å². The molecule has 0 aliphatic heterocycles. The van der Waals surface area contributed by atoms with Gasteiger partial charge in [-0.15, -0.1) is 0 Å². The van der Waals surface area contributed by atoms with Crippen LogP contribution in [0.2, 0.25) is 0 Å². The van der Waals surface area contributed by atoms with E-state index in [1.54, 1.807) is 0 Å². The lowest BCUT2D eigenvalue weighted by molar-refractivity contribution is -0.118. The van der Waals surface area contributed by atoms with Crippen molar-refractivity contribution in [3.05, 3.63) is 0 Å². The molecule has 0 saturated heterocycles. The molecule has 0 bridgehead atoms. The Kier molecular flexibility index (Phi) is 3.75. The molecule has 5 amide bonds. The molecule has 0 heterocycles. The zero-order valence-electron chi connectivity index (χ0n) is 7.17. The molecular formula is C6H11N3O3. The molecule has 0 saturated carbocycles. The van der Waals surface area contributed by atoms with Crippen LogP contribution in [0, 0.1) is 0 Å². The van der Waals surface area contributed by atoms with Crippen molar-refractivity contribution >= 4 is 18.0 Å². The van der Waals surface area contributed by atoms with E-state index >= 15 is 0 Å². The van der Waals surface area contributed by atoms with E-state index in [1.165, 1.54) is 21.0 Å². The number of hydrogen-bond donors (Lipinski definition) is 2. The van der Waals surface area contributed by atoms with Crippen molar-refractivity contribution in [2.45, 2.75) is 6.92 Å². The SMILES string of the molecule is CNC(=O)N(C)C(=O)NC(C)=O. The van der Waals surface area contributed by atoms with Gasteiger partial charge in [-0.2, -0.15) is 0 Å². The first-order valence-electron chi connectivity index (χ1n) is 3.26. The highest BCUT2D eigenvalue weighted by Crippen LogP contribution is 1.84. The van der Waals surface area contributed by atoms with Gasteiger partial charge < -0.3 is 5.32 Å². The normalized spacial score (nSPS) is 8.58. The van der Waals surface area contributed by atoms with Crippen LogP contribution in [0.15, 0.2) is 0 Å². The Balaban J connectivity index is 4.10. The second-order valence-corrected chi connectivity index (χ2v) is 2.10. The van der Waals surface area contributed by atoms with Crippen molar-refractivity contribution in [2.75, 3.05) is 14.1 Å². The van der Waals surface area contributed by atoms with E-state index in [1.807, 2.05) is 5.32 Å². The molecule has 0 atom stereocenters. The Bertz CT molecular complexity index is 214. The Morgan fingerprint density at radius 2 is 1.67 bits per heavy atom. The number of nitrogens with one attached hydrogen (secondary N) is 2. The van der Waals surface area contributed by atoms with E-state index in [-0.39, 0.29) is 0 Å². The molecule has 0 rings (SSSR count). The molecule has 0 unspecified atom stereocenters. The standard InChI is InChI=1S/C6H11N3O3/c1-4(10)8-6(12)9(3)5(11)7-2/h1-3H3,(H,7,11)(H,8,10,12). The highest BCUT2D eigenvalue weighted by atomic mass is 16.2. The third-order valence-electron chi connectivity index (χ3n) is 1.11. The summed E-state index contributed by atoms with van der Waals surface area (Å²) in [5.74, 6) is -0.504. The molecule has 0 aliphatic rings. The second kappa shape index (κ2) is 4.32. The average molecular weight is 173 g/mol. The largest absolute Gasteiger partial charge is 0.341 e. The van der Waals surface area contributed by atoms with Gasteiger partial charge in [0.25, 0.3) is 0 Å². The maximum atomic E-state index is 10.9. The topological polar surface area (TPSA) is 78.5 Å². The smallest absolute Gasteiger partial charge is 0.331 e. The van der Waals surface area contributed by atoms with E-state index in [9.17, 15) is 14.4 Å². The zero-order chi connectivity index (χ0) is 9.72. The number of carbonyl (C=O) groups is 3. The summed E-state index contributed by atoms with van der Waals surface area (Å²) in [5, 5.41) is 4.18. The van der Waals surface area contributed by atoms with Gasteiger partial charge in [0.2, 0.25) is 5.91 Å². The molecule has 2 N–H and O–H groups in total. The lowest BCUT2D eigenvalue weighted by Gasteiger charge is -2.13. The highest BCUT2D eigenvalue weighted by Gasteiger charge is 2.15. The Labute approximate surface area is 69.9 Å². The first kappa shape index (κ1) is 10.4. The summed E-state index contributed by atoms with van der Waals surface area (Å²) in [4.78, 5) is 32.8. The third kappa shape index (κ3) is 3.00. The van der Waals surface area contributed by atoms with Crippen molar-refractivity contribution in [1.82, 2.24) is 15.5 Å². The lowest BCUT2D eigenvalue weighted by atomic mass is 10.6. The quantitative estimate of drug-likeness (QED) is 0.519. The van der Waals surface area contributed by atoms with Crippen LogP contribution in [0.4, 0.5) is 9.59 Å². The van der Waals surface area contributed by atoms with Gasteiger partial charge in [0.15, 0.2) is 0 Å². The first-order valence-corrected chi connectivity index (χ1v) is 3.26. The van der Waals surface area contributed by atoms with Gasteiger partial charge >= 0.3 is 12.1 Å². The Morgan fingerprint density at radius 1 is 1.17 bits per heavy atom. The summed E-state index contributed by atoms with van der Waals surface area (Å²) >= 11 is 0. The molecule has 0 radical (unpaired) electrons. The number of rotatable bonds is 0.